The molecule has 0 fully saturated rings. The standard InChI is InChI=1S/C13H14ClN3O/c1-8-3-13(12(5-15)9(2)17-8)18-11-4-10(14)6-16-7-11/h3-4,6-7H,5,15H2,1-2H3. The van der Waals surface area contributed by atoms with Crippen LogP contribution in [0.15, 0.2) is 24.5 Å². The number of aryl methyl sites for hydroxylation is 2. The first kappa shape index (κ1) is 12.8. The monoisotopic (exact) mass is 263 g/mol. The molecule has 2 heterocycles. The van der Waals surface area contributed by atoms with Crippen molar-refractivity contribution in [3.8, 4) is 11.5 Å². The van der Waals surface area contributed by atoms with E-state index in [1.54, 1.807) is 18.5 Å². The minimum absolute atomic E-state index is 0.377. The lowest BCUT2D eigenvalue weighted by molar-refractivity contribution is 0.471. The van der Waals surface area contributed by atoms with Gasteiger partial charge in [-0.3, -0.25) is 9.97 Å². The van der Waals surface area contributed by atoms with Crippen LogP contribution in [0, 0.1) is 13.8 Å². The molecule has 0 aliphatic rings. The summed E-state index contributed by atoms with van der Waals surface area (Å²) in [4.78, 5) is 8.34. The van der Waals surface area contributed by atoms with E-state index >= 15 is 0 Å². The maximum absolute atomic E-state index is 5.87. The number of ether oxygens (including phenoxy) is 1. The van der Waals surface area contributed by atoms with Gasteiger partial charge >= 0.3 is 0 Å². The lowest BCUT2D eigenvalue weighted by Gasteiger charge is -2.12. The summed E-state index contributed by atoms with van der Waals surface area (Å²) in [5.41, 5.74) is 8.37. The summed E-state index contributed by atoms with van der Waals surface area (Å²) in [5.74, 6) is 1.29. The van der Waals surface area contributed by atoms with Gasteiger partial charge in [-0.2, -0.15) is 0 Å². The van der Waals surface area contributed by atoms with Crippen LogP contribution >= 0.6 is 11.6 Å². The van der Waals surface area contributed by atoms with Crippen LogP contribution in [-0.4, -0.2) is 9.97 Å². The largest absolute Gasteiger partial charge is 0.455 e. The molecule has 2 aromatic rings. The Kier molecular flexibility index (Phi) is 3.79. The molecule has 0 aliphatic heterocycles. The Bertz CT molecular complexity index is 572. The van der Waals surface area contributed by atoms with Crippen molar-refractivity contribution in [2.75, 3.05) is 0 Å². The Morgan fingerprint density at radius 2 is 2.06 bits per heavy atom. The third kappa shape index (κ3) is 2.78. The van der Waals surface area contributed by atoms with Crippen LogP contribution in [0.5, 0.6) is 11.5 Å². The molecule has 5 heteroatoms. The maximum atomic E-state index is 5.87. The summed E-state index contributed by atoms with van der Waals surface area (Å²) in [6, 6.07) is 3.57. The second-order valence-electron chi connectivity index (χ2n) is 3.97. The van der Waals surface area contributed by atoms with Crippen molar-refractivity contribution >= 4 is 11.6 Å². The third-order valence-corrected chi connectivity index (χ3v) is 2.74. The molecule has 0 saturated carbocycles. The molecule has 0 saturated heterocycles. The number of aromatic nitrogens is 2. The van der Waals surface area contributed by atoms with Crippen LogP contribution in [0.2, 0.25) is 5.02 Å². The molecule has 2 N–H and O–H groups in total. The Morgan fingerprint density at radius 3 is 2.72 bits per heavy atom. The fourth-order valence-corrected chi connectivity index (χ4v) is 1.90. The first-order valence-corrected chi connectivity index (χ1v) is 5.93. The molecule has 0 amide bonds. The molecule has 0 aliphatic carbocycles. The van der Waals surface area contributed by atoms with E-state index in [-0.39, 0.29) is 0 Å². The number of nitrogens with two attached hydrogens (primary N) is 1. The van der Waals surface area contributed by atoms with Gasteiger partial charge in [-0.05, 0) is 13.8 Å². The second-order valence-corrected chi connectivity index (χ2v) is 4.41. The number of nitrogens with zero attached hydrogens (tertiary/aromatic N) is 2. The molecule has 0 bridgehead atoms. The fraction of sp³-hybridized carbons (Fsp3) is 0.231. The SMILES string of the molecule is Cc1cc(Oc2cncc(Cl)c2)c(CN)c(C)n1. The number of hydrogen-bond donors (Lipinski definition) is 1. The molecule has 2 aromatic heterocycles. The second kappa shape index (κ2) is 5.33. The van der Waals surface area contributed by atoms with Crippen LogP contribution in [0.4, 0.5) is 0 Å². The average Bonchev–Trinajstić information content (AvgIpc) is 2.28. The summed E-state index contributed by atoms with van der Waals surface area (Å²) >= 11 is 5.87. The van der Waals surface area contributed by atoms with Gasteiger partial charge in [0.1, 0.15) is 11.5 Å². The molecule has 2 rings (SSSR count). The highest BCUT2D eigenvalue weighted by atomic mass is 35.5. The molecule has 0 unspecified atom stereocenters. The van der Waals surface area contributed by atoms with Gasteiger partial charge in [0.25, 0.3) is 0 Å². The summed E-state index contributed by atoms with van der Waals surface area (Å²) in [7, 11) is 0. The summed E-state index contributed by atoms with van der Waals surface area (Å²) in [5, 5.41) is 0.532. The predicted octanol–water partition coefficient (Wildman–Crippen LogP) is 3.00. The molecule has 0 radical (unpaired) electrons. The molecular weight excluding hydrogens is 250 g/mol. The van der Waals surface area contributed by atoms with Crippen molar-refractivity contribution in [3.05, 3.63) is 46.5 Å². The van der Waals surface area contributed by atoms with Gasteiger partial charge in [0.2, 0.25) is 0 Å². The Labute approximate surface area is 111 Å². The van der Waals surface area contributed by atoms with E-state index in [1.807, 2.05) is 19.9 Å². The normalized spacial score (nSPS) is 10.4. The van der Waals surface area contributed by atoms with E-state index < -0.39 is 0 Å². The molecule has 0 atom stereocenters. The molecule has 0 aromatic carbocycles. The van der Waals surface area contributed by atoms with Crippen LogP contribution < -0.4 is 10.5 Å². The smallest absolute Gasteiger partial charge is 0.147 e. The van der Waals surface area contributed by atoms with E-state index in [0.717, 1.165) is 17.0 Å². The fourth-order valence-electron chi connectivity index (χ4n) is 1.73. The van der Waals surface area contributed by atoms with Gasteiger partial charge in [-0.1, -0.05) is 11.6 Å². The van der Waals surface area contributed by atoms with Gasteiger partial charge in [-0.15, -0.1) is 0 Å². The average molecular weight is 264 g/mol. The third-order valence-electron chi connectivity index (χ3n) is 2.53. The predicted molar refractivity (Wildman–Crippen MR) is 70.9 cm³/mol. The number of hydrogen-bond acceptors (Lipinski definition) is 4. The Hall–Kier alpha value is -1.65. The van der Waals surface area contributed by atoms with Crippen molar-refractivity contribution < 1.29 is 4.74 Å². The number of pyridine rings is 2. The molecule has 0 spiro atoms. The molecule has 4 nitrogen and oxygen atoms in total. The van der Waals surface area contributed by atoms with Crippen LogP contribution in [0.25, 0.3) is 0 Å². The summed E-state index contributed by atoms with van der Waals surface area (Å²) in [6.07, 6.45) is 3.17. The zero-order chi connectivity index (χ0) is 13.1. The van der Waals surface area contributed by atoms with E-state index in [1.165, 1.54) is 0 Å². The number of rotatable bonds is 3. The lowest BCUT2D eigenvalue weighted by Crippen LogP contribution is -2.05. The van der Waals surface area contributed by atoms with Crippen LogP contribution in [0.1, 0.15) is 17.0 Å². The van der Waals surface area contributed by atoms with E-state index in [4.69, 9.17) is 22.1 Å². The van der Waals surface area contributed by atoms with Crippen LogP contribution in [-0.2, 0) is 6.54 Å². The first-order valence-electron chi connectivity index (χ1n) is 5.55. The molecule has 18 heavy (non-hydrogen) atoms. The minimum Gasteiger partial charge on any atom is -0.455 e. The summed E-state index contributed by atoms with van der Waals surface area (Å²) < 4.78 is 5.78. The Balaban J connectivity index is 2.39. The highest BCUT2D eigenvalue weighted by Gasteiger charge is 2.09. The van der Waals surface area contributed by atoms with E-state index in [0.29, 0.717) is 23.1 Å². The number of halogens is 1. The highest BCUT2D eigenvalue weighted by molar-refractivity contribution is 6.30. The van der Waals surface area contributed by atoms with Crippen molar-refractivity contribution in [1.29, 1.82) is 0 Å². The van der Waals surface area contributed by atoms with Crippen molar-refractivity contribution in [2.24, 2.45) is 5.73 Å². The van der Waals surface area contributed by atoms with E-state index in [9.17, 15) is 0 Å². The topological polar surface area (TPSA) is 61.0 Å². The maximum Gasteiger partial charge on any atom is 0.147 e. The summed E-state index contributed by atoms with van der Waals surface area (Å²) in [6.45, 7) is 4.21. The highest BCUT2D eigenvalue weighted by Crippen LogP contribution is 2.28. The minimum atomic E-state index is 0.377. The van der Waals surface area contributed by atoms with Crippen LogP contribution in [0.3, 0.4) is 0 Å². The van der Waals surface area contributed by atoms with Crippen molar-refractivity contribution in [2.45, 2.75) is 20.4 Å². The molecular formula is C13H14ClN3O. The van der Waals surface area contributed by atoms with E-state index in [2.05, 4.69) is 9.97 Å². The zero-order valence-electron chi connectivity index (χ0n) is 10.3. The molecule has 94 valence electrons. The van der Waals surface area contributed by atoms with Gasteiger partial charge < -0.3 is 10.5 Å². The van der Waals surface area contributed by atoms with Crippen molar-refractivity contribution in [1.82, 2.24) is 9.97 Å². The zero-order valence-corrected chi connectivity index (χ0v) is 11.0. The Morgan fingerprint density at radius 1 is 1.28 bits per heavy atom. The lowest BCUT2D eigenvalue weighted by atomic mass is 10.1. The first-order chi connectivity index (χ1) is 8.60. The van der Waals surface area contributed by atoms with Gasteiger partial charge in [0.15, 0.2) is 0 Å². The quantitative estimate of drug-likeness (QED) is 0.925. The van der Waals surface area contributed by atoms with Gasteiger partial charge in [0.05, 0.1) is 11.2 Å². The van der Waals surface area contributed by atoms with Crippen molar-refractivity contribution in [3.63, 3.8) is 0 Å². The van der Waals surface area contributed by atoms with Gasteiger partial charge in [0, 0.05) is 41.8 Å². The van der Waals surface area contributed by atoms with Gasteiger partial charge in [-0.25, -0.2) is 0 Å².